The molecule has 0 unspecified atom stereocenters. The van der Waals surface area contributed by atoms with E-state index in [9.17, 15) is 4.79 Å². The van der Waals surface area contributed by atoms with Crippen LogP contribution in [0.25, 0.3) is 0 Å². The van der Waals surface area contributed by atoms with Crippen LogP contribution in [-0.4, -0.2) is 24.3 Å². The first-order valence-corrected chi connectivity index (χ1v) is 7.08. The van der Waals surface area contributed by atoms with Gasteiger partial charge < -0.3 is 14.6 Å². The van der Waals surface area contributed by atoms with E-state index in [-0.39, 0.29) is 5.56 Å². The van der Waals surface area contributed by atoms with Gasteiger partial charge in [-0.25, -0.2) is 0 Å². The highest BCUT2D eigenvalue weighted by atomic mass is 16.5. The molecule has 0 atom stereocenters. The minimum absolute atomic E-state index is 0.122. The number of aromatic nitrogens is 1. The average Bonchev–Trinajstić information content (AvgIpc) is 3.19. The van der Waals surface area contributed by atoms with Crippen LogP contribution in [0.1, 0.15) is 43.9 Å². The number of rotatable bonds is 7. The highest BCUT2D eigenvalue weighted by Crippen LogP contribution is 2.19. The lowest BCUT2D eigenvalue weighted by Crippen LogP contribution is -2.31. The van der Waals surface area contributed by atoms with Crippen LogP contribution in [0.2, 0.25) is 0 Å². The zero-order chi connectivity index (χ0) is 13.8. The van der Waals surface area contributed by atoms with Gasteiger partial charge in [-0.15, -0.1) is 0 Å². The van der Waals surface area contributed by atoms with Crippen molar-refractivity contribution in [1.29, 1.82) is 0 Å². The van der Waals surface area contributed by atoms with Gasteiger partial charge >= 0.3 is 0 Å². The Morgan fingerprint density at radius 2 is 2.16 bits per heavy atom. The molecule has 1 aliphatic rings. The average molecular weight is 264 g/mol. The molecule has 19 heavy (non-hydrogen) atoms. The number of nitrogens with one attached hydrogen (secondary N) is 1. The number of methoxy groups -OCH3 is 1. The Bertz CT molecular complexity index is 476. The zero-order valence-electron chi connectivity index (χ0n) is 12.1. The van der Waals surface area contributed by atoms with Crippen LogP contribution in [0.5, 0.6) is 0 Å². The Hall–Kier alpha value is -1.13. The topological polar surface area (TPSA) is 43.3 Å². The lowest BCUT2D eigenvalue weighted by molar-refractivity contribution is 0.185. The molecule has 0 bridgehead atoms. The van der Waals surface area contributed by atoms with Crippen LogP contribution >= 0.6 is 0 Å². The summed E-state index contributed by atoms with van der Waals surface area (Å²) in [5.41, 5.74) is 2.06. The summed E-state index contributed by atoms with van der Waals surface area (Å²) in [7, 11) is 1.67. The maximum atomic E-state index is 12.5. The molecule has 0 spiro atoms. The van der Waals surface area contributed by atoms with Gasteiger partial charge in [-0.05, 0) is 24.8 Å². The summed E-state index contributed by atoms with van der Waals surface area (Å²) in [4.78, 5) is 12.5. The van der Waals surface area contributed by atoms with Crippen molar-refractivity contribution in [2.75, 3.05) is 13.7 Å². The van der Waals surface area contributed by atoms with Crippen LogP contribution in [-0.2, 0) is 17.8 Å². The van der Waals surface area contributed by atoms with Crippen molar-refractivity contribution in [2.24, 2.45) is 0 Å². The van der Waals surface area contributed by atoms with Crippen molar-refractivity contribution in [2.45, 2.75) is 51.7 Å². The van der Waals surface area contributed by atoms with Gasteiger partial charge in [0.2, 0.25) is 0 Å². The molecule has 1 aromatic rings. The summed E-state index contributed by atoms with van der Waals surface area (Å²) in [6.45, 7) is 6.09. The maximum Gasteiger partial charge on any atom is 0.255 e. The summed E-state index contributed by atoms with van der Waals surface area (Å²) >= 11 is 0. The van der Waals surface area contributed by atoms with Crippen molar-refractivity contribution in [3.05, 3.63) is 33.7 Å². The van der Waals surface area contributed by atoms with Crippen molar-refractivity contribution >= 4 is 0 Å². The standard InChI is InChI=1S/C15H24N2O2/c1-11(2)14-7-4-12(10-16-13-5-6-13)15(18)17(14)8-9-19-3/h4,7,11,13,16H,5-6,8-10H2,1-3H3. The van der Waals surface area contributed by atoms with Crippen LogP contribution in [0.4, 0.5) is 0 Å². The second-order valence-corrected chi connectivity index (χ2v) is 5.54. The molecule has 0 saturated heterocycles. The summed E-state index contributed by atoms with van der Waals surface area (Å²) in [5, 5.41) is 3.40. The lowest BCUT2D eigenvalue weighted by atomic mass is 10.1. The Morgan fingerprint density at radius 3 is 2.74 bits per heavy atom. The van der Waals surface area contributed by atoms with Crippen LogP contribution in [0, 0.1) is 0 Å². The molecule has 1 aliphatic carbocycles. The third-order valence-electron chi connectivity index (χ3n) is 3.56. The number of hydrogen-bond donors (Lipinski definition) is 1. The molecule has 1 N–H and O–H groups in total. The first-order chi connectivity index (χ1) is 9.13. The fourth-order valence-corrected chi connectivity index (χ4v) is 2.23. The molecule has 2 rings (SSSR count). The predicted octanol–water partition coefficient (Wildman–Crippen LogP) is 1.87. The summed E-state index contributed by atoms with van der Waals surface area (Å²) in [5.74, 6) is 0.343. The van der Waals surface area contributed by atoms with E-state index in [2.05, 4.69) is 25.2 Å². The van der Waals surface area contributed by atoms with Gasteiger partial charge in [0.05, 0.1) is 6.61 Å². The lowest BCUT2D eigenvalue weighted by Gasteiger charge is -2.17. The quantitative estimate of drug-likeness (QED) is 0.817. The molecule has 4 heteroatoms. The van der Waals surface area contributed by atoms with Crippen molar-refractivity contribution in [3.63, 3.8) is 0 Å². The van der Waals surface area contributed by atoms with E-state index in [4.69, 9.17) is 4.74 Å². The van der Waals surface area contributed by atoms with Gasteiger partial charge in [-0.1, -0.05) is 19.9 Å². The van der Waals surface area contributed by atoms with Gasteiger partial charge in [-0.3, -0.25) is 4.79 Å². The van der Waals surface area contributed by atoms with Gasteiger partial charge in [0.25, 0.3) is 5.56 Å². The van der Waals surface area contributed by atoms with E-state index in [1.54, 1.807) is 7.11 Å². The number of nitrogens with zero attached hydrogens (tertiary/aromatic N) is 1. The molecule has 0 radical (unpaired) electrons. The van der Waals surface area contributed by atoms with E-state index in [0.29, 0.717) is 31.7 Å². The third-order valence-corrected chi connectivity index (χ3v) is 3.56. The minimum Gasteiger partial charge on any atom is -0.383 e. The van der Waals surface area contributed by atoms with Crippen LogP contribution < -0.4 is 10.9 Å². The molecular weight excluding hydrogens is 240 g/mol. The number of hydrogen-bond acceptors (Lipinski definition) is 3. The molecule has 106 valence electrons. The van der Waals surface area contributed by atoms with Gasteiger partial charge in [-0.2, -0.15) is 0 Å². The van der Waals surface area contributed by atoms with E-state index >= 15 is 0 Å². The molecule has 1 fully saturated rings. The first-order valence-electron chi connectivity index (χ1n) is 7.08. The summed E-state index contributed by atoms with van der Waals surface area (Å²) in [6, 6.07) is 4.67. The number of pyridine rings is 1. The van der Waals surface area contributed by atoms with Crippen LogP contribution in [0.3, 0.4) is 0 Å². The Balaban J connectivity index is 2.22. The second kappa shape index (κ2) is 6.35. The molecule has 1 aromatic heterocycles. The fourth-order valence-electron chi connectivity index (χ4n) is 2.23. The van der Waals surface area contributed by atoms with E-state index < -0.39 is 0 Å². The highest BCUT2D eigenvalue weighted by molar-refractivity contribution is 5.18. The Labute approximate surface area is 114 Å². The molecule has 4 nitrogen and oxygen atoms in total. The van der Waals surface area contributed by atoms with Gasteiger partial charge in [0.1, 0.15) is 0 Å². The molecule has 1 heterocycles. The Morgan fingerprint density at radius 1 is 1.42 bits per heavy atom. The van der Waals surface area contributed by atoms with E-state index in [0.717, 1.165) is 11.3 Å². The molecule has 1 saturated carbocycles. The minimum atomic E-state index is 0.122. The van der Waals surface area contributed by atoms with Crippen LogP contribution in [0.15, 0.2) is 16.9 Å². The summed E-state index contributed by atoms with van der Waals surface area (Å²) < 4.78 is 6.97. The second-order valence-electron chi connectivity index (χ2n) is 5.54. The fraction of sp³-hybridized carbons (Fsp3) is 0.667. The largest absolute Gasteiger partial charge is 0.383 e. The van der Waals surface area contributed by atoms with Crippen molar-refractivity contribution in [1.82, 2.24) is 9.88 Å². The molecular formula is C15H24N2O2. The van der Waals surface area contributed by atoms with Crippen molar-refractivity contribution in [3.8, 4) is 0 Å². The first kappa shape index (κ1) is 14.3. The normalized spacial score (nSPS) is 15.2. The van der Waals surface area contributed by atoms with E-state index in [1.165, 1.54) is 12.8 Å². The van der Waals surface area contributed by atoms with E-state index in [1.807, 2.05) is 10.6 Å². The Kier molecular flexibility index (Phi) is 4.77. The van der Waals surface area contributed by atoms with Gasteiger partial charge in [0, 0.05) is 37.5 Å². The molecule has 0 amide bonds. The smallest absolute Gasteiger partial charge is 0.255 e. The number of ether oxygens (including phenoxy) is 1. The highest BCUT2D eigenvalue weighted by Gasteiger charge is 2.21. The predicted molar refractivity (Wildman–Crippen MR) is 76.5 cm³/mol. The molecule has 0 aliphatic heterocycles. The monoisotopic (exact) mass is 264 g/mol. The third kappa shape index (κ3) is 3.67. The molecule has 0 aromatic carbocycles. The van der Waals surface area contributed by atoms with Gasteiger partial charge in [0.15, 0.2) is 0 Å². The van der Waals surface area contributed by atoms with Crippen molar-refractivity contribution < 1.29 is 4.74 Å². The zero-order valence-corrected chi connectivity index (χ0v) is 12.1. The summed E-state index contributed by atoms with van der Waals surface area (Å²) in [6.07, 6.45) is 2.48. The maximum absolute atomic E-state index is 12.5. The SMILES string of the molecule is COCCn1c(C(C)C)ccc(CNC2CC2)c1=O.